The first-order chi connectivity index (χ1) is 8.08. The second-order valence-electron chi connectivity index (χ2n) is 3.79. The monoisotopic (exact) mass is 314 g/mol. The van der Waals surface area contributed by atoms with Crippen molar-refractivity contribution in [1.82, 2.24) is 5.16 Å². The van der Waals surface area contributed by atoms with Crippen LogP contribution in [0.3, 0.4) is 0 Å². The van der Waals surface area contributed by atoms with Gasteiger partial charge in [0, 0.05) is 22.3 Å². The number of nitrogens with zero attached hydrogens (tertiary/aromatic N) is 1. The summed E-state index contributed by atoms with van der Waals surface area (Å²) in [6, 6.07) is 5.73. The van der Waals surface area contributed by atoms with Gasteiger partial charge in [0.05, 0.1) is 10.7 Å². The molecule has 0 bridgehead atoms. The topological polar surface area (TPSA) is 38.1 Å². The summed E-state index contributed by atoms with van der Waals surface area (Å²) in [6.07, 6.45) is 0. The van der Waals surface area contributed by atoms with E-state index in [0.29, 0.717) is 11.6 Å². The molecule has 0 unspecified atom stereocenters. The molecule has 5 heteroatoms. The van der Waals surface area contributed by atoms with Crippen molar-refractivity contribution < 1.29 is 4.52 Å². The van der Waals surface area contributed by atoms with Crippen LogP contribution in [0.25, 0.3) is 0 Å². The Balaban J connectivity index is 2.10. The van der Waals surface area contributed by atoms with Crippen LogP contribution in [0.2, 0.25) is 5.02 Å². The fourth-order valence-electron chi connectivity index (χ4n) is 1.55. The molecule has 0 amide bonds. The third-order valence-corrected chi connectivity index (χ3v) is 3.78. The van der Waals surface area contributed by atoms with Gasteiger partial charge < -0.3 is 9.84 Å². The lowest BCUT2D eigenvalue weighted by Crippen LogP contribution is -2.01. The minimum atomic E-state index is 0.690. The summed E-state index contributed by atoms with van der Waals surface area (Å²) >= 11 is 9.32. The van der Waals surface area contributed by atoms with Gasteiger partial charge in [-0.05, 0) is 48.0 Å². The Hall–Kier alpha value is -1.000. The molecule has 0 fully saturated rings. The summed E-state index contributed by atoms with van der Waals surface area (Å²) < 4.78 is 5.98. The molecule has 90 valence electrons. The van der Waals surface area contributed by atoms with E-state index >= 15 is 0 Å². The molecule has 0 spiro atoms. The van der Waals surface area contributed by atoms with Crippen LogP contribution in [0, 0.1) is 13.8 Å². The van der Waals surface area contributed by atoms with E-state index in [0.717, 1.165) is 27.2 Å². The van der Waals surface area contributed by atoms with Gasteiger partial charge in [0.1, 0.15) is 5.76 Å². The smallest absolute Gasteiger partial charge is 0.138 e. The van der Waals surface area contributed by atoms with E-state index in [-0.39, 0.29) is 0 Å². The SMILES string of the molecule is Cc1noc(C)c1CNc1ccc(Cl)c(Br)c1. The molecule has 1 aromatic heterocycles. The predicted molar refractivity (Wildman–Crippen MR) is 72.5 cm³/mol. The minimum absolute atomic E-state index is 0.690. The van der Waals surface area contributed by atoms with Crippen molar-refractivity contribution in [1.29, 1.82) is 0 Å². The highest BCUT2D eigenvalue weighted by Crippen LogP contribution is 2.26. The van der Waals surface area contributed by atoms with Crippen LogP contribution in [0.5, 0.6) is 0 Å². The van der Waals surface area contributed by atoms with Crippen molar-refractivity contribution >= 4 is 33.2 Å². The van der Waals surface area contributed by atoms with E-state index in [1.807, 2.05) is 32.0 Å². The third kappa shape index (κ3) is 2.82. The normalized spacial score (nSPS) is 10.6. The van der Waals surface area contributed by atoms with Crippen molar-refractivity contribution in [2.75, 3.05) is 5.32 Å². The molecular weight excluding hydrogens is 304 g/mol. The number of hydrogen-bond acceptors (Lipinski definition) is 3. The molecule has 0 saturated carbocycles. The molecule has 0 aliphatic carbocycles. The van der Waals surface area contributed by atoms with Crippen LogP contribution in [-0.4, -0.2) is 5.16 Å². The third-order valence-electron chi connectivity index (χ3n) is 2.57. The number of halogens is 2. The molecule has 1 aromatic carbocycles. The van der Waals surface area contributed by atoms with Gasteiger partial charge in [-0.2, -0.15) is 0 Å². The fourth-order valence-corrected chi connectivity index (χ4v) is 2.05. The molecule has 3 nitrogen and oxygen atoms in total. The average Bonchev–Trinajstić information content (AvgIpc) is 2.61. The lowest BCUT2D eigenvalue weighted by atomic mass is 10.2. The summed E-state index contributed by atoms with van der Waals surface area (Å²) in [5.74, 6) is 0.850. The van der Waals surface area contributed by atoms with E-state index in [1.165, 1.54) is 0 Å². The molecule has 0 saturated heterocycles. The van der Waals surface area contributed by atoms with Crippen LogP contribution in [0.15, 0.2) is 27.2 Å². The van der Waals surface area contributed by atoms with Crippen LogP contribution >= 0.6 is 27.5 Å². The zero-order valence-electron chi connectivity index (χ0n) is 9.55. The highest BCUT2D eigenvalue weighted by molar-refractivity contribution is 9.10. The van der Waals surface area contributed by atoms with E-state index < -0.39 is 0 Å². The van der Waals surface area contributed by atoms with E-state index in [4.69, 9.17) is 16.1 Å². The molecule has 1 N–H and O–H groups in total. The largest absolute Gasteiger partial charge is 0.381 e. The summed E-state index contributed by atoms with van der Waals surface area (Å²) in [6.45, 7) is 4.54. The van der Waals surface area contributed by atoms with Gasteiger partial charge in [-0.25, -0.2) is 0 Å². The van der Waals surface area contributed by atoms with Crippen molar-refractivity contribution in [3.63, 3.8) is 0 Å². The summed E-state index contributed by atoms with van der Waals surface area (Å²) in [5, 5.41) is 7.92. The Kier molecular flexibility index (Phi) is 3.74. The predicted octanol–water partition coefficient (Wildman–Crippen LogP) is 4.32. The second-order valence-corrected chi connectivity index (χ2v) is 5.05. The van der Waals surface area contributed by atoms with Gasteiger partial charge in [-0.1, -0.05) is 16.8 Å². The van der Waals surface area contributed by atoms with Gasteiger partial charge in [0.2, 0.25) is 0 Å². The van der Waals surface area contributed by atoms with Gasteiger partial charge in [0.25, 0.3) is 0 Å². The Morgan fingerprint density at radius 3 is 2.76 bits per heavy atom. The molecular formula is C12H12BrClN2O. The van der Waals surface area contributed by atoms with Crippen molar-refractivity contribution in [3.8, 4) is 0 Å². The van der Waals surface area contributed by atoms with E-state index in [1.54, 1.807) is 0 Å². The molecule has 0 atom stereocenters. The lowest BCUT2D eigenvalue weighted by molar-refractivity contribution is 0.392. The Bertz CT molecular complexity index is 520. The van der Waals surface area contributed by atoms with Crippen molar-refractivity contribution in [3.05, 3.63) is 44.7 Å². The Morgan fingerprint density at radius 1 is 1.41 bits per heavy atom. The number of aryl methyl sites for hydroxylation is 2. The maximum absolute atomic E-state index is 5.93. The first-order valence-corrected chi connectivity index (χ1v) is 6.35. The zero-order chi connectivity index (χ0) is 12.4. The van der Waals surface area contributed by atoms with Crippen LogP contribution in [0.1, 0.15) is 17.0 Å². The molecule has 2 aromatic rings. The molecule has 17 heavy (non-hydrogen) atoms. The number of benzene rings is 1. The summed E-state index contributed by atoms with van der Waals surface area (Å²) in [7, 11) is 0. The standard InChI is InChI=1S/C12H12BrClN2O/c1-7-10(8(2)17-16-7)6-15-9-3-4-12(14)11(13)5-9/h3-5,15H,6H2,1-2H3. The minimum Gasteiger partial charge on any atom is -0.381 e. The number of aromatic nitrogens is 1. The Labute approximate surface area is 113 Å². The van der Waals surface area contributed by atoms with Crippen molar-refractivity contribution in [2.45, 2.75) is 20.4 Å². The second kappa shape index (κ2) is 5.10. The number of rotatable bonds is 3. The zero-order valence-corrected chi connectivity index (χ0v) is 11.9. The molecule has 0 radical (unpaired) electrons. The van der Waals surface area contributed by atoms with Crippen LogP contribution in [-0.2, 0) is 6.54 Å². The highest BCUT2D eigenvalue weighted by Gasteiger charge is 2.08. The Morgan fingerprint density at radius 2 is 2.18 bits per heavy atom. The van der Waals surface area contributed by atoms with Gasteiger partial charge in [0.15, 0.2) is 0 Å². The first kappa shape index (κ1) is 12.5. The highest BCUT2D eigenvalue weighted by atomic mass is 79.9. The number of nitrogens with one attached hydrogen (secondary N) is 1. The quantitative estimate of drug-likeness (QED) is 0.916. The fraction of sp³-hybridized carbons (Fsp3) is 0.250. The number of hydrogen-bond donors (Lipinski definition) is 1. The average molecular weight is 316 g/mol. The maximum atomic E-state index is 5.93. The van der Waals surface area contributed by atoms with Crippen LogP contribution in [0.4, 0.5) is 5.69 Å². The lowest BCUT2D eigenvalue weighted by Gasteiger charge is -2.07. The van der Waals surface area contributed by atoms with Gasteiger partial charge in [-0.3, -0.25) is 0 Å². The first-order valence-electron chi connectivity index (χ1n) is 5.18. The molecule has 0 aliphatic rings. The van der Waals surface area contributed by atoms with Crippen molar-refractivity contribution in [2.24, 2.45) is 0 Å². The van der Waals surface area contributed by atoms with E-state index in [9.17, 15) is 0 Å². The van der Waals surface area contributed by atoms with Gasteiger partial charge in [-0.15, -0.1) is 0 Å². The van der Waals surface area contributed by atoms with Gasteiger partial charge >= 0.3 is 0 Å². The number of anilines is 1. The molecule has 1 heterocycles. The maximum Gasteiger partial charge on any atom is 0.138 e. The summed E-state index contributed by atoms with van der Waals surface area (Å²) in [4.78, 5) is 0. The van der Waals surface area contributed by atoms with Crippen LogP contribution < -0.4 is 5.32 Å². The molecule has 2 rings (SSSR count). The summed E-state index contributed by atoms with van der Waals surface area (Å²) in [5.41, 5.74) is 3.01. The van der Waals surface area contributed by atoms with E-state index in [2.05, 4.69) is 26.4 Å². The molecule has 0 aliphatic heterocycles.